The van der Waals surface area contributed by atoms with Gasteiger partial charge in [0.25, 0.3) is 16.4 Å². The first-order chi connectivity index (χ1) is 17.5. The van der Waals surface area contributed by atoms with Crippen LogP contribution in [0.5, 0.6) is 0 Å². The SMILES string of the molecule is O=C(NC/C=C1\CCCc2c(C(F)F)nn(Cc3ccc(Cl)cc3Cl)c21)NS(=O)(=O)c1ccc(Cl)cc1. The zero-order chi connectivity index (χ0) is 26.7. The van der Waals surface area contributed by atoms with Crippen LogP contribution in [0.15, 0.2) is 53.4 Å². The highest BCUT2D eigenvalue weighted by Crippen LogP contribution is 2.37. The van der Waals surface area contributed by atoms with Crippen molar-refractivity contribution < 1.29 is 22.0 Å². The quantitative estimate of drug-likeness (QED) is 0.341. The predicted octanol–water partition coefficient (Wildman–Crippen LogP) is 6.24. The zero-order valence-corrected chi connectivity index (χ0v) is 22.2. The van der Waals surface area contributed by atoms with Crippen molar-refractivity contribution in [2.24, 2.45) is 0 Å². The van der Waals surface area contributed by atoms with Gasteiger partial charge in [0.05, 0.1) is 17.1 Å². The lowest BCUT2D eigenvalue weighted by molar-refractivity contribution is 0.144. The topological polar surface area (TPSA) is 93.1 Å². The zero-order valence-electron chi connectivity index (χ0n) is 19.1. The van der Waals surface area contributed by atoms with Gasteiger partial charge in [0, 0.05) is 27.2 Å². The van der Waals surface area contributed by atoms with E-state index in [0.717, 1.165) is 0 Å². The molecule has 3 aromatic rings. The number of fused-ring (bicyclic) bond motifs is 1. The maximum atomic E-state index is 13.8. The van der Waals surface area contributed by atoms with Crippen molar-refractivity contribution in [1.29, 1.82) is 0 Å². The van der Waals surface area contributed by atoms with Gasteiger partial charge in [-0.3, -0.25) is 4.68 Å². The Bertz CT molecular complexity index is 1460. The fourth-order valence-electron chi connectivity index (χ4n) is 4.10. The van der Waals surface area contributed by atoms with Gasteiger partial charge in [-0.05, 0) is 66.8 Å². The molecule has 0 unspecified atom stereocenters. The largest absolute Gasteiger partial charge is 0.334 e. The maximum absolute atomic E-state index is 13.8. The monoisotopic (exact) mass is 588 g/mol. The number of alkyl halides is 2. The van der Waals surface area contributed by atoms with Gasteiger partial charge in [-0.1, -0.05) is 46.9 Å². The Labute approximate surface area is 227 Å². The number of benzene rings is 2. The van der Waals surface area contributed by atoms with Crippen LogP contribution in [0, 0.1) is 0 Å². The molecule has 0 radical (unpaired) electrons. The van der Waals surface area contributed by atoms with Gasteiger partial charge in [-0.15, -0.1) is 0 Å². The lowest BCUT2D eigenvalue weighted by Crippen LogP contribution is -2.39. The second kappa shape index (κ2) is 11.4. The lowest BCUT2D eigenvalue weighted by Gasteiger charge is -2.19. The number of hydrogen-bond donors (Lipinski definition) is 2. The van der Waals surface area contributed by atoms with Crippen molar-refractivity contribution in [1.82, 2.24) is 19.8 Å². The van der Waals surface area contributed by atoms with E-state index in [0.29, 0.717) is 56.7 Å². The van der Waals surface area contributed by atoms with Crippen molar-refractivity contribution in [2.75, 3.05) is 6.54 Å². The molecule has 2 amide bonds. The van der Waals surface area contributed by atoms with E-state index in [9.17, 15) is 22.0 Å². The summed E-state index contributed by atoms with van der Waals surface area (Å²) < 4.78 is 55.7. The molecule has 0 bridgehead atoms. The van der Waals surface area contributed by atoms with Gasteiger partial charge < -0.3 is 5.32 Å². The molecule has 1 aliphatic rings. The molecule has 0 spiro atoms. The number of hydrogen-bond acceptors (Lipinski definition) is 4. The molecule has 0 aliphatic heterocycles. The Hall–Kier alpha value is -2.66. The second-order valence-electron chi connectivity index (χ2n) is 8.26. The number of carbonyl (C=O) groups excluding carboxylic acids is 1. The van der Waals surface area contributed by atoms with Crippen molar-refractivity contribution in [3.63, 3.8) is 0 Å². The third kappa shape index (κ3) is 6.43. The molecule has 196 valence electrons. The number of sulfonamides is 1. The number of allylic oxidation sites excluding steroid dienone is 1. The number of halogens is 5. The van der Waals surface area contributed by atoms with E-state index >= 15 is 0 Å². The summed E-state index contributed by atoms with van der Waals surface area (Å²) >= 11 is 18.0. The van der Waals surface area contributed by atoms with E-state index in [2.05, 4.69) is 10.4 Å². The highest BCUT2D eigenvalue weighted by Gasteiger charge is 2.28. The number of carbonyl (C=O) groups is 1. The Morgan fingerprint density at radius 3 is 2.46 bits per heavy atom. The molecule has 2 aromatic carbocycles. The fourth-order valence-corrected chi connectivity index (χ4v) is 5.62. The van der Waals surface area contributed by atoms with E-state index in [-0.39, 0.29) is 23.7 Å². The number of aromatic nitrogens is 2. The van der Waals surface area contributed by atoms with Crippen LogP contribution in [0.4, 0.5) is 13.6 Å². The van der Waals surface area contributed by atoms with Crippen molar-refractivity contribution in [3.05, 3.63) is 86.1 Å². The van der Waals surface area contributed by atoms with E-state index < -0.39 is 22.5 Å². The summed E-state index contributed by atoms with van der Waals surface area (Å²) in [7, 11) is -4.10. The second-order valence-corrected chi connectivity index (χ2v) is 11.2. The molecular weight excluding hydrogens is 569 g/mol. The van der Waals surface area contributed by atoms with E-state index in [1.165, 1.54) is 28.9 Å². The van der Waals surface area contributed by atoms with Crippen LogP contribution >= 0.6 is 34.8 Å². The van der Waals surface area contributed by atoms with Gasteiger partial charge in [0.15, 0.2) is 0 Å². The number of nitrogens with one attached hydrogen (secondary N) is 2. The molecule has 0 fully saturated rings. The first-order valence-corrected chi connectivity index (χ1v) is 13.7. The van der Waals surface area contributed by atoms with Crippen LogP contribution in [0.25, 0.3) is 5.57 Å². The molecule has 1 heterocycles. The number of nitrogens with zero attached hydrogens (tertiary/aromatic N) is 2. The normalized spacial score (nSPS) is 14.6. The predicted molar refractivity (Wildman–Crippen MR) is 139 cm³/mol. The van der Waals surface area contributed by atoms with Crippen LogP contribution in [0.3, 0.4) is 0 Å². The van der Waals surface area contributed by atoms with Gasteiger partial charge in [-0.25, -0.2) is 26.7 Å². The first kappa shape index (κ1) is 27.4. The Morgan fingerprint density at radius 2 is 1.78 bits per heavy atom. The third-order valence-corrected chi connectivity index (χ3v) is 7.95. The molecule has 1 aromatic heterocycles. The highest BCUT2D eigenvalue weighted by molar-refractivity contribution is 7.90. The summed E-state index contributed by atoms with van der Waals surface area (Å²) in [4.78, 5) is 12.1. The van der Waals surface area contributed by atoms with Crippen LogP contribution in [0.1, 0.15) is 41.8 Å². The number of amides is 2. The number of urea groups is 1. The van der Waals surface area contributed by atoms with E-state index in [4.69, 9.17) is 34.8 Å². The molecule has 0 saturated carbocycles. The molecule has 1 aliphatic carbocycles. The van der Waals surface area contributed by atoms with Crippen LogP contribution in [-0.2, 0) is 23.0 Å². The van der Waals surface area contributed by atoms with E-state index in [1.54, 1.807) is 24.3 Å². The summed E-state index contributed by atoms with van der Waals surface area (Å²) in [5.41, 5.74) is 2.08. The molecule has 0 saturated heterocycles. The van der Waals surface area contributed by atoms with Gasteiger partial charge in [0.1, 0.15) is 5.69 Å². The third-order valence-electron chi connectivity index (χ3n) is 5.76. The molecule has 4 rings (SSSR count). The van der Waals surface area contributed by atoms with Gasteiger partial charge in [-0.2, -0.15) is 5.10 Å². The van der Waals surface area contributed by atoms with Crippen molar-refractivity contribution >= 4 is 56.4 Å². The minimum atomic E-state index is -4.10. The summed E-state index contributed by atoms with van der Waals surface area (Å²) in [5.74, 6) is 0. The minimum absolute atomic E-state index is 0.0341. The molecular formula is C24H21Cl3F2N4O3S. The average Bonchev–Trinajstić information content (AvgIpc) is 3.20. The Balaban J connectivity index is 1.53. The minimum Gasteiger partial charge on any atom is -0.334 e. The van der Waals surface area contributed by atoms with Crippen molar-refractivity contribution in [2.45, 2.75) is 37.1 Å². The summed E-state index contributed by atoms with van der Waals surface area (Å²) in [5, 5.41) is 7.84. The van der Waals surface area contributed by atoms with Gasteiger partial charge in [0.2, 0.25) is 0 Å². The van der Waals surface area contributed by atoms with Gasteiger partial charge >= 0.3 is 6.03 Å². The Kier molecular flexibility index (Phi) is 8.42. The smallest absolute Gasteiger partial charge is 0.328 e. The van der Waals surface area contributed by atoms with Crippen LogP contribution in [-0.4, -0.2) is 30.8 Å². The molecule has 13 heteroatoms. The summed E-state index contributed by atoms with van der Waals surface area (Å²) in [6.45, 7) is 0.114. The lowest BCUT2D eigenvalue weighted by atomic mass is 9.90. The summed E-state index contributed by atoms with van der Waals surface area (Å²) in [6, 6.07) is 9.35. The van der Waals surface area contributed by atoms with Crippen molar-refractivity contribution in [3.8, 4) is 0 Å². The molecule has 7 nitrogen and oxygen atoms in total. The molecule has 37 heavy (non-hydrogen) atoms. The summed E-state index contributed by atoms with van der Waals surface area (Å²) in [6.07, 6.45) is 0.555. The molecule has 2 N–H and O–H groups in total. The first-order valence-electron chi connectivity index (χ1n) is 11.1. The van der Waals surface area contributed by atoms with Crippen LogP contribution in [0.2, 0.25) is 15.1 Å². The fraction of sp³-hybridized carbons (Fsp3) is 0.250. The Morgan fingerprint density at radius 1 is 1.08 bits per heavy atom. The number of rotatable bonds is 7. The average molecular weight is 590 g/mol. The van der Waals surface area contributed by atoms with E-state index in [1.807, 2.05) is 4.72 Å². The maximum Gasteiger partial charge on any atom is 0.328 e. The van der Waals surface area contributed by atoms with Crippen LogP contribution < -0.4 is 10.0 Å². The standard InChI is InChI=1S/C24H21Cl3F2N4O3S/c25-16-6-8-18(9-7-16)37(35,36)32-24(34)30-11-10-14-2-1-3-19-21(23(28)29)31-33(22(14)19)13-15-4-5-17(26)12-20(15)27/h4-10,12,23H,1-3,11,13H2,(H2,30,32,34)/b14-10+. The highest BCUT2D eigenvalue weighted by atomic mass is 35.5. The molecule has 0 atom stereocenters.